The van der Waals surface area contributed by atoms with Crippen LogP contribution in [0.2, 0.25) is 0 Å². The van der Waals surface area contributed by atoms with Crippen LogP contribution in [0.4, 0.5) is 0 Å². The summed E-state index contributed by atoms with van der Waals surface area (Å²) in [6.07, 6.45) is 7.10. The lowest BCUT2D eigenvalue weighted by Gasteiger charge is -2.38. The number of hydrogen-bond donors (Lipinski definition) is 0. The van der Waals surface area contributed by atoms with E-state index in [-0.39, 0.29) is 11.9 Å². The first-order valence-electron chi connectivity index (χ1n) is 6.65. The molecule has 0 spiro atoms. The Kier molecular flexibility index (Phi) is 4.85. The number of nitriles is 1. The van der Waals surface area contributed by atoms with E-state index in [0.29, 0.717) is 13.0 Å². The molecule has 0 saturated carbocycles. The fourth-order valence-corrected chi connectivity index (χ4v) is 2.32. The number of rotatable bonds is 3. The fourth-order valence-electron chi connectivity index (χ4n) is 2.32. The predicted octanol–water partition coefficient (Wildman–Crippen LogP) is 1.15. The van der Waals surface area contributed by atoms with Crippen molar-refractivity contribution in [3.63, 3.8) is 0 Å². The number of aromatic nitrogens is 1. The molecule has 1 aromatic heterocycles. The Morgan fingerprint density at radius 3 is 3.15 bits per heavy atom. The molecule has 20 heavy (non-hydrogen) atoms. The Bertz CT molecular complexity index is 520. The Balaban J connectivity index is 2.03. The minimum atomic E-state index is -0.0396. The minimum Gasteiger partial charge on any atom is -0.333 e. The van der Waals surface area contributed by atoms with Crippen molar-refractivity contribution in [2.24, 2.45) is 0 Å². The summed E-state index contributed by atoms with van der Waals surface area (Å²) in [6, 6.07) is 5.87. The Labute approximate surface area is 119 Å². The number of pyridine rings is 1. The SMILES string of the molecule is CN1CCN(C(=O)/C=C/c2cccnc2)[C@@H](CC#N)C1. The number of carbonyl (C=O) groups excluding carboxylic acids is 1. The topological polar surface area (TPSA) is 60.2 Å². The Morgan fingerprint density at radius 1 is 1.60 bits per heavy atom. The largest absolute Gasteiger partial charge is 0.333 e. The molecule has 5 nitrogen and oxygen atoms in total. The summed E-state index contributed by atoms with van der Waals surface area (Å²) >= 11 is 0. The Hall–Kier alpha value is -2.19. The number of hydrogen-bond acceptors (Lipinski definition) is 4. The van der Waals surface area contributed by atoms with Crippen LogP contribution in [0.25, 0.3) is 6.08 Å². The zero-order chi connectivity index (χ0) is 14.4. The molecule has 0 bridgehead atoms. The molecule has 0 aromatic carbocycles. The number of likely N-dealkylation sites (N-methyl/N-ethyl adjacent to an activating group) is 1. The second-order valence-corrected chi connectivity index (χ2v) is 4.93. The van der Waals surface area contributed by atoms with Crippen molar-refractivity contribution in [3.8, 4) is 6.07 Å². The molecule has 1 amide bonds. The first-order valence-corrected chi connectivity index (χ1v) is 6.65. The van der Waals surface area contributed by atoms with Gasteiger partial charge < -0.3 is 9.80 Å². The highest BCUT2D eigenvalue weighted by molar-refractivity contribution is 5.92. The lowest BCUT2D eigenvalue weighted by Crippen LogP contribution is -2.53. The van der Waals surface area contributed by atoms with Crippen LogP contribution in [0.3, 0.4) is 0 Å². The van der Waals surface area contributed by atoms with E-state index in [2.05, 4.69) is 16.0 Å². The number of nitrogens with zero attached hydrogens (tertiary/aromatic N) is 4. The third-order valence-electron chi connectivity index (χ3n) is 3.40. The van der Waals surface area contributed by atoms with Gasteiger partial charge in [-0.15, -0.1) is 0 Å². The van der Waals surface area contributed by atoms with Crippen LogP contribution in [0.1, 0.15) is 12.0 Å². The van der Waals surface area contributed by atoms with Gasteiger partial charge in [-0.25, -0.2) is 0 Å². The van der Waals surface area contributed by atoms with Crippen molar-refractivity contribution in [2.45, 2.75) is 12.5 Å². The van der Waals surface area contributed by atoms with Gasteiger partial charge in [0, 0.05) is 38.1 Å². The van der Waals surface area contributed by atoms with E-state index < -0.39 is 0 Å². The van der Waals surface area contributed by atoms with Crippen LogP contribution in [-0.2, 0) is 4.79 Å². The van der Waals surface area contributed by atoms with Gasteiger partial charge in [-0.2, -0.15) is 5.26 Å². The molecule has 0 N–H and O–H groups in total. The summed E-state index contributed by atoms with van der Waals surface area (Å²) in [6.45, 7) is 2.26. The quantitative estimate of drug-likeness (QED) is 0.773. The van der Waals surface area contributed by atoms with Gasteiger partial charge >= 0.3 is 0 Å². The van der Waals surface area contributed by atoms with Crippen LogP contribution in [-0.4, -0.2) is 53.4 Å². The predicted molar refractivity (Wildman–Crippen MR) is 76.5 cm³/mol. The summed E-state index contributed by atoms with van der Waals surface area (Å²) < 4.78 is 0. The van der Waals surface area contributed by atoms with Gasteiger partial charge in [-0.05, 0) is 24.8 Å². The summed E-state index contributed by atoms with van der Waals surface area (Å²) in [7, 11) is 2.01. The molecular formula is C15H18N4O. The third-order valence-corrected chi connectivity index (χ3v) is 3.40. The van der Waals surface area contributed by atoms with Crippen LogP contribution in [0.5, 0.6) is 0 Å². The van der Waals surface area contributed by atoms with E-state index in [1.54, 1.807) is 29.4 Å². The summed E-state index contributed by atoms with van der Waals surface area (Å²) in [5, 5.41) is 8.88. The Morgan fingerprint density at radius 2 is 2.45 bits per heavy atom. The van der Waals surface area contributed by atoms with Gasteiger partial charge in [-0.1, -0.05) is 6.07 Å². The highest BCUT2D eigenvalue weighted by atomic mass is 16.2. The maximum Gasteiger partial charge on any atom is 0.246 e. The lowest BCUT2D eigenvalue weighted by atomic mass is 10.1. The number of piperazine rings is 1. The monoisotopic (exact) mass is 270 g/mol. The summed E-state index contributed by atoms with van der Waals surface area (Å²) in [4.78, 5) is 20.2. The fraction of sp³-hybridized carbons (Fsp3) is 0.400. The normalized spacial score (nSPS) is 20.0. The third kappa shape index (κ3) is 3.65. The van der Waals surface area contributed by atoms with E-state index in [1.165, 1.54) is 0 Å². The summed E-state index contributed by atoms with van der Waals surface area (Å²) in [5.41, 5.74) is 0.895. The van der Waals surface area contributed by atoms with Gasteiger partial charge in [0.05, 0.1) is 18.5 Å². The maximum absolute atomic E-state index is 12.3. The van der Waals surface area contributed by atoms with Crippen molar-refractivity contribution in [2.75, 3.05) is 26.7 Å². The van der Waals surface area contributed by atoms with Crippen molar-refractivity contribution in [1.29, 1.82) is 5.26 Å². The van der Waals surface area contributed by atoms with E-state index >= 15 is 0 Å². The zero-order valence-corrected chi connectivity index (χ0v) is 11.6. The van der Waals surface area contributed by atoms with Crippen molar-refractivity contribution in [1.82, 2.24) is 14.8 Å². The van der Waals surface area contributed by atoms with Gasteiger partial charge in [-0.3, -0.25) is 9.78 Å². The number of carbonyl (C=O) groups is 1. The van der Waals surface area contributed by atoms with Crippen LogP contribution in [0.15, 0.2) is 30.6 Å². The zero-order valence-electron chi connectivity index (χ0n) is 11.6. The first kappa shape index (κ1) is 14.2. The standard InChI is InChI=1S/C15H18N4O/c1-18-9-10-19(14(12-18)6-7-16)15(20)5-4-13-3-2-8-17-11-13/h2-5,8,11,14H,6,9-10,12H2,1H3/b5-4+/t14-/m0/s1. The molecule has 104 valence electrons. The molecule has 0 unspecified atom stereocenters. The molecule has 0 radical (unpaired) electrons. The molecule has 1 atom stereocenters. The molecule has 2 rings (SSSR count). The van der Waals surface area contributed by atoms with E-state index in [1.807, 2.05) is 19.2 Å². The van der Waals surface area contributed by atoms with Crippen LogP contribution in [0, 0.1) is 11.3 Å². The molecule has 1 aliphatic heterocycles. The van der Waals surface area contributed by atoms with Crippen LogP contribution < -0.4 is 0 Å². The molecule has 1 aromatic rings. The minimum absolute atomic E-state index is 0.0233. The average molecular weight is 270 g/mol. The molecule has 5 heteroatoms. The molecule has 2 heterocycles. The molecule has 1 fully saturated rings. The van der Waals surface area contributed by atoms with Crippen molar-refractivity contribution < 1.29 is 4.79 Å². The highest BCUT2D eigenvalue weighted by Crippen LogP contribution is 2.12. The van der Waals surface area contributed by atoms with Crippen molar-refractivity contribution in [3.05, 3.63) is 36.2 Å². The van der Waals surface area contributed by atoms with Gasteiger partial charge in [0.25, 0.3) is 0 Å². The van der Waals surface area contributed by atoms with Gasteiger partial charge in [0.1, 0.15) is 0 Å². The average Bonchev–Trinajstić information content (AvgIpc) is 2.46. The van der Waals surface area contributed by atoms with Gasteiger partial charge in [0.2, 0.25) is 5.91 Å². The molecular weight excluding hydrogens is 252 g/mol. The highest BCUT2D eigenvalue weighted by Gasteiger charge is 2.27. The first-order chi connectivity index (χ1) is 9.70. The number of amides is 1. The van der Waals surface area contributed by atoms with Crippen LogP contribution >= 0.6 is 0 Å². The molecule has 0 aliphatic carbocycles. The van der Waals surface area contributed by atoms with E-state index in [0.717, 1.165) is 18.7 Å². The summed E-state index contributed by atoms with van der Waals surface area (Å²) in [5.74, 6) is -0.0396. The second-order valence-electron chi connectivity index (χ2n) is 4.93. The maximum atomic E-state index is 12.3. The smallest absolute Gasteiger partial charge is 0.246 e. The van der Waals surface area contributed by atoms with E-state index in [9.17, 15) is 4.79 Å². The van der Waals surface area contributed by atoms with Gasteiger partial charge in [0.15, 0.2) is 0 Å². The van der Waals surface area contributed by atoms with E-state index in [4.69, 9.17) is 5.26 Å². The molecule has 1 aliphatic rings. The molecule has 1 saturated heterocycles. The second kappa shape index (κ2) is 6.83. The van der Waals surface area contributed by atoms with Crippen molar-refractivity contribution >= 4 is 12.0 Å². The lowest BCUT2D eigenvalue weighted by molar-refractivity contribution is -0.130.